The lowest BCUT2D eigenvalue weighted by atomic mass is 9.65. The molecule has 0 radical (unpaired) electrons. The van der Waals surface area contributed by atoms with Gasteiger partial charge in [0.05, 0.1) is 17.2 Å². The minimum absolute atomic E-state index is 0.248. The summed E-state index contributed by atoms with van der Waals surface area (Å²) in [7, 11) is 0. The van der Waals surface area contributed by atoms with E-state index in [0.717, 1.165) is 22.3 Å². The second-order valence-corrected chi connectivity index (χ2v) is 10.9. The largest absolute Gasteiger partial charge is 0.457 e. The highest BCUT2D eigenvalue weighted by atomic mass is 16.5. The van der Waals surface area contributed by atoms with Crippen LogP contribution in [0.25, 0.3) is 0 Å². The van der Waals surface area contributed by atoms with E-state index in [4.69, 9.17) is 10.5 Å². The highest BCUT2D eigenvalue weighted by Crippen LogP contribution is 2.45. The fourth-order valence-electron chi connectivity index (χ4n) is 5.45. The van der Waals surface area contributed by atoms with Crippen molar-refractivity contribution in [2.24, 2.45) is 5.73 Å². The fourth-order valence-corrected chi connectivity index (χ4v) is 5.45. The first-order valence-corrected chi connectivity index (χ1v) is 11.9. The molecule has 1 atom stereocenters. The number of esters is 1. The van der Waals surface area contributed by atoms with Gasteiger partial charge >= 0.3 is 5.97 Å². The number of fused-ring (bicyclic) bond motifs is 1. The second kappa shape index (κ2) is 9.01. The maximum Gasteiger partial charge on any atom is 0.338 e. The number of aliphatic hydroxyl groups is 1. The van der Waals surface area contributed by atoms with E-state index in [-0.39, 0.29) is 23.4 Å². The number of ether oxygens (including phenoxy) is 1. The Morgan fingerprint density at radius 3 is 1.85 bits per heavy atom. The molecule has 3 aromatic carbocycles. The summed E-state index contributed by atoms with van der Waals surface area (Å²) in [5, 5.41) is 12.4. The molecule has 0 amide bonds. The Hall–Kier alpha value is -2.95. The van der Waals surface area contributed by atoms with E-state index in [2.05, 4.69) is 52.0 Å². The number of benzene rings is 3. The predicted octanol–water partition coefficient (Wildman–Crippen LogP) is 5.82. The SMILES string of the molecule is CC(C)(CC(O)(CC(C)(C)c1ccccc1)C(N)c1ccc2c(c1)COC2=O)c1ccccc1. The number of hydrogen-bond donors (Lipinski definition) is 2. The zero-order valence-corrected chi connectivity index (χ0v) is 20.5. The Morgan fingerprint density at radius 1 is 0.853 bits per heavy atom. The van der Waals surface area contributed by atoms with Crippen LogP contribution in [-0.4, -0.2) is 16.7 Å². The molecule has 34 heavy (non-hydrogen) atoms. The summed E-state index contributed by atoms with van der Waals surface area (Å²) >= 11 is 0. The topological polar surface area (TPSA) is 72.6 Å². The maximum atomic E-state index is 12.4. The summed E-state index contributed by atoms with van der Waals surface area (Å²) in [6, 6.07) is 25.4. The van der Waals surface area contributed by atoms with E-state index in [9.17, 15) is 9.90 Å². The summed E-state index contributed by atoms with van der Waals surface area (Å²) in [5.41, 5.74) is 9.60. The summed E-state index contributed by atoms with van der Waals surface area (Å²) in [6.45, 7) is 8.88. The molecule has 4 heteroatoms. The van der Waals surface area contributed by atoms with Crippen molar-refractivity contribution in [3.63, 3.8) is 0 Å². The summed E-state index contributed by atoms with van der Waals surface area (Å²) < 4.78 is 5.18. The van der Waals surface area contributed by atoms with Crippen LogP contribution in [0.1, 0.15) is 79.2 Å². The zero-order valence-electron chi connectivity index (χ0n) is 20.5. The molecular formula is C30H35NO3. The maximum absolute atomic E-state index is 12.4. The Morgan fingerprint density at radius 2 is 1.35 bits per heavy atom. The predicted molar refractivity (Wildman–Crippen MR) is 136 cm³/mol. The second-order valence-electron chi connectivity index (χ2n) is 10.9. The molecule has 4 rings (SSSR count). The van der Waals surface area contributed by atoms with Crippen LogP contribution in [0.3, 0.4) is 0 Å². The number of carbonyl (C=O) groups excluding carboxylic acids is 1. The lowest BCUT2D eigenvalue weighted by Crippen LogP contribution is -2.49. The van der Waals surface area contributed by atoms with Gasteiger partial charge in [-0.15, -0.1) is 0 Å². The number of hydrogen-bond acceptors (Lipinski definition) is 4. The van der Waals surface area contributed by atoms with Gasteiger partial charge in [0, 0.05) is 5.56 Å². The van der Waals surface area contributed by atoms with Crippen molar-refractivity contribution in [2.45, 2.75) is 69.6 Å². The number of nitrogens with two attached hydrogens (primary N) is 1. The monoisotopic (exact) mass is 457 g/mol. The van der Waals surface area contributed by atoms with Crippen molar-refractivity contribution in [1.29, 1.82) is 0 Å². The standard InChI is InChI=1S/C30H35NO3/c1-28(2,23-11-7-5-8-12-23)19-30(33,20-29(3,4)24-13-9-6-10-14-24)26(31)21-15-16-25-22(17-21)18-34-27(25)32/h5-17,26,33H,18-20,31H2,1-4H3. The third-order valence-electron chi connectivity index (χ3n) is 7.25. The minimum atomic E-state index is -1.21. The average Bonchev–Trinajstić information content (AvgIpc) is 3.19. The van der Waals surface area contributed by atoms with Gasteiger partial charge in [-0.25, -0.2) is 4.79 Å². The molecule has 0 saturated heterocycles. The lowest BCUT2D eigenvalue weighted by Gasteiger charge is -2.45. The van der Waals surface area contributed by atoms with Crippen LogP contribution in [0.4, 0.5) is 0 Å². The molecule has 0 fully saturated rings. The molecule has 0 spiro atoms. The van der Waals surface area contributed by atoms with Gasteiger partial charge in [-0.1, -0.05) is 94.4 Å². The summed E-state index contributed by atoms with van der Waals surface area (Å²) in [5.74, 6) is -0.305. The van der Waals surface area contributed by atoms with Gasteiger partial charge in [-0.2, -0.15) is 0 Å². The van der Waals surface area contributed by atoms with Crippen LogP contribution in [0.2, 0.25) is 0 Å². The van der Waals surface area contributed by atoms with Crippen molar-refractivity contribution in [1.82, 2.24) is 0 Å². The Bertz CT molecular complexity index is 1100. The van der Waals surface area contributed by atoms with E-state index in [0.29, 0.717) is 18.4 Å². The Kier molecular flexibility index (Phi) is 6.41. The third-order valence-corrected chi connectivity index (χ3v) is 7.25. The zero-order chi connectivity index (χ0) is 24.6. The van der Waals surface area contributed by atoms with E-state index < -0.39 is 11.6 Å². The van der Waals surface area contributed by atoms with E-state index in [1.807, 2.05) is 48.5 Å². The van der Waals surface area contributed by atoms with Crippen molar-refractivity contribution in [3.05, 3.63) is 107 Å². The molecular weight excluding hydrogens is 422 g/mol. The van der Waals surface area contributed by atoms with Gasteiger partial charge in [-0.3, -0.25) is 0 Å². The van der Waals surface area contributed by atoms with Gasteiger partial charge < -0.3 is 15.6 Å². The molecule has 0 aromatic heterocycles. The third kappa shape index (κ3) is 4.79. The normalized spacial score (nSPS) is 15.1. The highest BCUT2D eigenvalue weighted by molar-refractivity contribution is 5.93. The fraction of sp³-hybridized carbons (Fsp3) is 0.367. The summed E-state index contributed by atoms with van der Waals surface area (Å²) in [6.07, 6.45) is 0.960. The molecule has 1 unspecified atom stereocenters. The lowest BCUT2D eigenvalue weighted by molar-refractivity contribution is -0.0345. The van der Waals surface area contributed by atoms with E-state index in [1.165, 1.54) is 0 Å². The van der Waals surface area contributed by atoms with Crippen LogP contribution >= 0.6 is 0 Å². The molecule has 1 aliphatic heterocycles. The minimum Gasteiger partial charge on any atom is -0.457 e. The van der Waals surface area contributed by atoms with Crippen LogP contribution in [0.15, 0.2) is 78.9 Å². The number of cyclic esters (lactones) is 1. The quantitative estimate of drug-likeness (QED) is 0.418. The Balaban J connectivity index is 1.73. The first-order chi connectivity index (χ1) is 16.0. The van der Waals surface area contributed by atoms with Gasteiger partial charge in [0.25, 0.3) is 0 Å². The van der Waals surface area contributed by atoms with Gasteiger partial charge in [0.15, 0.2) is 0 Å². The van der Waals surface area contributed by atoms with Crippen molar-refractivity contribution in [2.75, 3.05) is 0 Å². The Labute approximate surface area is 202 Å². The number of rotatable bonds is 8. The van der Waals surface area contributed by atoms with Gasteiger partial charge in [0.2, 0.25) is 0 Å². The van der Waals surface area contributed by atoms with Gasteiger partial charge in [0.1, 0.15) is 6.61 Å². The molecule has 1 heterocycles. The molecule has 178 valence electrons. The van der Waals surface area contributed by atoms with Crippen LogP contribution in [0.5, 0.6) is 0 Å². The average molecular weight is 458 g/mol. The smallest absolute Gasteiger partial charge is 0.338 e. The van der Waals surface area contributed by atoms with Crippen LogP contribution in [0, 0.1) is 0 Å². The first kappa shape index (κ1) is 24.2. The van der Waals surface area contributed by atoms with Crippen molar-refractivity contribution in [3.8, 4) is 0 Å². The van der Waals surface area contributed by atoms with E-state index >= 15 is 0 Å². The van der Waals surface area contributed by atoms with Crippen molar-refractivity contribution < 1.29 is 14.6 Å². The van der Waals surface area contributed by atoms with Crippen molar-refractivity contribution >= 4 is 5.97 Å². The molecule has 3 N–H and O–H groups in total. The molecule has 0 aliphatic carbocycles. The van der Waals surface area contributed by atoms with Crippen LogP contribution in [-0.2, 0) is 22.2 Å². The molecule has 4 nitrogen and oxygen atoms in total. The highest BCUT2D eigenvalue weighted by Gasteiger charge is 2.45. The molecule has 0 bridgehead atoms. The van der Waals surface area contributed by atoms with E-state index in [1.54, 1.807) is 6.07 Å². The molecule has 3 aromatic rings. The molecule has 1 aliphatic rings. The van der Waals surface area contributed by atoms with Gasteiger partial charge in [-0.05, 0) is 52.5 Å². The summed E-state index contributed by atoms with van der Waals surface area (Å²) in [4.78, 5) is 11.9. The molecule has 0 saturated carbocycles. The first-order valence-electron chi connectivity index (χ1n) is 11.9. The number of carbonyl (C=O) groups is 1. The van der Waals surface area contributed by atoms with Crippen LogP contribution < -0.4 is 5.73 Å².